The van der Waals surface area contributed by atoms with Gasteiger partial charge in [-0.3, -0.25) is 4.79 Å². The van der Waals surface area contributed by atoms with Crippen molar-refractivity contribution in [2.45, 2.75) is 6.92 Å². The van der Waals surface area contributed by atoms with Crippen molar-refractivity contribution in [3.63, 3.8) is 0 Å². The molecule has 0 bridgehead atoms. The van der Waals surface area contributed by atoms with Crippen LogP contribution in [0.5, 0.6) is 0 Å². The number of ketones is 1. The summed E-state index contributed by atoms with van der Waals surface area (Å²) in [6.07, 6.45) is 3.47. The van der Waals surface area contributed by atoms with Crippen molar-refractivity contribution in [1.82, 2.24) is 5.32 Å². The van der Waals surface area contributed by atoms with Crippen molar-refractivity contribution < 1.29 is 9.18 Å². The summed E-state index contributed by atoms with van der Waals surface area (Å²) in [5.41, 5.74) is 0.583. The minimum absolute atomic E-state index is 0.140. The topological polar surface area (TPSA) is 29.1 Å². The van der Waals surface area contributed by atoms with Crippen LogP contribution in [0, 0.1) is 5.82 Å². The predicted octanol–water partition coefficient (Wildman–Crippen LogP) is 2.26. The molecule has 2 nitrogen and oxygen atoms in total. The molecule has 3 heteroatoms. The fourth-order valence-electron chi connectivity index (χ4n) is 1.25. The van der Waals surface area contributed by atoms with Crippen LogP contribution >= 0.6 is 0 Å². The normalized spacial score (nSPS) is 10.9. The zero-order valence-corrected chi connectivity index (χ0v) is 8.88. The molecule has 0 unspecified atom stereocenters. The first-order valence-electron chi connectivity index (χ1n) is 4.77. The number of carbonyl (C=O) groups is 1. The van der Waals surface area contributed by atoms with Crippen molar-refractivity contribution >= 4 is 11.9 Å². The molecule has 0 amide bonds. The van der Waals surface area contributed by atoms with E-state index in [2.05, 4.69) is 5.32 Å². The van der Waals surface area contributed by atoms with Gasteiger partial charge < -0.3 is 5.32 Å². The summed E-state index contributed by atoms with van der Waals surface area (Å²) in [7, 11) is 1.81. The van der Waals surface area contributed by atoms with Gasteiger partial charge in [0.15, 0.2) is 5.78 Å². The summed E-state index contributed by atoms with van der Waals surface area (Å²) < 4.78 is 13.7. The standard InChI is InChI=1S/C12H14FNO/c1-9(15)11-7-3-5-10(12(11)13)6-4-8-14-2/h3-7,14H,8H2,1-2H3. The number of likely N-dealkylation sites (N-methyl/N-ethyl adjacent to an activating group) is 1. The Morgan fingerprint density at radius 1 is 1.53 bits per heavy atom. The second-order valence-electron chi connectivity index (χ2n) is 3.23. The molecule has 0 aliphatic heterocycles. The molecule has 1 aromatic carbocycles. The molecule has 0 heterocycles. The lowest BCUT2D eigenvalue weighted by molar-refractivity contribution is 0.101. The molecule has 0 spiro atoms. The highest BCUT2D eigenvalue weighted by Gasteiger charge is 2.08. The highest BCUT2D eigenvalue weighted by molar-refractivity contribution is 5.94. The summed E-state index contributed by atoms with van der Waals surface area (Å²) in [6.45, 7) is 2.03. The average Bonchev–Trinajstić information content (AvgIpc) is 2.20. The summed E-state index contributed by atoms with van der Waals surface area (Å²) in [5.74, 6) is -0.700. The Hall–Kier alpha value is -1.48. The van der Waals surface area contributed by atoms with E-state index in [4.69, 9.17) is 0 Å². The molecule has 0 atom stereocenters. The molecule has 1 N–H and O–H groups in total. The molecule has 0 fully saturated rings. The molecule has 1 rings (SSSR count). The van der Waals surface area contributed by atoms with Gasteiger partial charge in [-0.1, -0.05) is 24.3 Å². The third kappa shape index (κ3) is 2.99. The van der Waals surface area contributed by atoms with E-state index < -0.39 is 5.82 Å². The molecular weight excluding hydrogens is 193 g/mol. The molecule has 0 aromatic heterocycles. The zero-order chi connectivity index (χ0) is 11.3. The van der Waals surface area contributed by atoms with E-state index in [1.54, 1.807) is 18.2 Å². The number of carbonyl (C=O) groups excluding carboxylic acids is 1. The van der Waals surface area contributed by atoms with Crippen molar-refractivity contribution in [2.24, 2.45) is 0 Å². The first kappa shape index (κ1) is 11.6. The first-order valence-corrected chi connectivity index (χ1v) is 4.77. The lowest BCUT2D eigenvalue weighted by Gasteiger charge is -2.01. The molecule has 80 valence electrons. The van der Waals surface area contributed by atoms with E-state index in [1.165, 1.54) is 13.0 Å². The lowest BCUT2D eigenvalue weighted by Crippen LogP contribution is -2.04. The minimum Gasteiger partial charge on any atom is -0.316 e. The monoisotopic (exact) mass is 207 g/mol. The number of hydrogen-bond donors (Lipinski definition) is 1. The van der Waals surface area contributed by atoms with E-state index in [9.17, 15) is 9.18 Å². The van der Waals surface area contributed by atoms with Gasteiger partial charge in [-0.2, -0.15) is 0 Å². The molecule has 0 aliphatic rings. The Labute approximate surface area is 88.8 Å². The molecule has 0 aliphatic carbocycles. The van der Waals surface area contributed by atoms with Crippen molar-refractivity contribution in [1.29, 1.82) is 0 Å². The van der Waals surface area contributed by atoms with Gasteiger partial charge in [0, 0.05) is 12.1 Å². The van der Waals surface area contributed by atoms with Crippen LogP contribution in [-0.4, -0.2) is 19.4 Å². The van der Waals surface area contributed by atoms with Gasteiger partial charge in [-0.25, -0.2) is 4.39 Å². The minimum atomic E-state index is -0.447. The van der Waals surface area contributed by atoms with Crippen LogP contribution in [0.25, 0.3) is 6.08 Å². The van der Waals surface area contributed by atoms with Crippen LogP contribution in [0.1, 0.15) is 22.8 Å². The lowest BCUT2D eigenvalue weighted by atomic mass is 10.1. The SMILES string of the molecule is CNCC=Cc1cccc(C(C)=O)c1F. The number of benzene rings is 1. The largest absolute Gasteiger partial charge is 0.316 e. The maximum atomic E-state index is 13.7. The number of hydrogen-bond acceptors (Lipinski definition) is 2. The van der Waals surface area contributed by atoms with Crippen molar-refractivity contribution in [3.8, 4) is 0 Å². The summed E-state index contributed by atoms with van der Waals surface area (Å²) in [5, 5.41) is 2.92. The first-order chi connectivity index (χ1) is 7.16. The molecular formula is C12H14FNO. The number of rotatable bonds is 4. The van der Waals surface area contributed by atoms with Gasteiger partial charge in [-0.05, 0) is 20.0 Å². The van der Waals surface area contributed by atoms with E-state index in [1.807, 2.05) is 13.1 Å². The van der Waals surface area contributed by atoms with Crippen LogP contribution < -0.4 is 5.32 Å². The smallest absolute Gasteiger partial charge is 0.162 e. The Balaban J connectivity index is 2.99. The van der Waals surface area contributed by atoms with E-state index in [0.717, 1.165) is 0 Å². The van der Waals surface area contributed by atoms with Crippen molar-refractivity contribution in [3.05, 3.63) is 41.2 Å². The second-order valence-corrected chi connectivity index (χ2v) is 3.23. The molecule has 15 heavy (non-hydrogen) atoms. The Morgan fingerprint density at radius 3 is 2.87 bits per heavy atom. The van der Waals surface area contributed by atoms with Crippen LogP contribution in [0.2, 0.25) is 0 Å². The quantitative estimate of drug-likeness (QED) is 0.767. The van der Waals surface area contributed by atoms with Gasteiger partial charge in [0.25, 0.3) is 0 Å². The molecule has 0 saturated carbocycles. The highest BCUT2D eigenvalue weighted by atomic mass is 19.1. The number of halogens is 1. The Morgan fingerprint density at radius 2 is 2.27 bits per heavy atom. The van der Waals surface area contributed by atoms with Gasteiger partial charge in [-0.15, -0.1) is 0 Å². The van der Waals surface area contributed by atoms with Crippen LogP contribution in [0.4, 0.5) is 4.39 Å². The average molecular weight is 207 g/mol. The van der Waals surface area contributed by atoms with E-state index >= 15 is 0 Å². The van der Waals surface area contributed by atoms with Crippen LogP contribution in [0.3, 0.4) is 0 Å². The number of Topliss-reactive ketones (excluding diaryl/α,β-unsaturated/α-hetero) is 1. The summed E-state index contributed by atoms with van der Waals surface area (Å²) in [4.78, 5) is 11.1. The third-order valence-electron chi connectivity index (χ3n) is 2.03. The zero-order valence-electron chi connectivity index (χ0n) is 8.88. The number of nitrogens with one attached hydrogen (secondary N) is 1. The van der Waals surface area contributed by atoms with Crippen LogP contribution in [-0.2, 0) is 0 Å². The Bertz CT molecular complexity index is 385. The van der Waals surface area contributed by atoms with Gasteiger partial charge in [0.2, 0.25) is 0 Å². The third-order valence-corrected chi connectivity index (χ3v) is 2.03. The van der Waals surface area contributed by atoms with Gasteiger partial charge in [0.1, 0.15) is 5.82 Å². The summed E-state index contributed by atoms with van der Waals surface area (Å²) >= 11 is 0. The fourth-order valence-corrected chi connectivity index (χ4v) is 1.25. The summed E-state index contributed by atoms with van der Waals surface area (Å²) in [6, 6.07) is 4.82. The molecule has 1 aromatic rings. The molecule has 0 radical (unpaired) electrons. The fraction of sp³-hybridized carbons (Fsp3) is 0.250. The maximum Gasteiger partial charge on any atom is 0.162 e. The highest BCUT2D eigenvalue weighted by Crippen LogP contribution is 2.14. The van der Waals surface area contributed by atoms with Gasteiger partial charge >= 0.3 is 0 Å². The van der Waals surface area contributed by atoms with Gasteiger partial charge in [0.05, 0.1) is 5.56 Å². The molecule has 0 saturated heterocycles. The van der Waals surface area contributed by atoms with E-state index in [0.29, 0.717) is 12.1 Å². The second kappa shape index (κ2) is 5.41. The van der Waals surface area contributed by atoms with Crippen molar-refractivity contribution in [2.75, 3.05) is 13.6 Å². The van der Waals surface area contributed by atoms with E-state index in [-0.39, 0.29) is 11.3 Å². The predicted molar refractivity (Wildman–Crippen MR) is 59.4 cm³/mol. The van der Waals surface area contributed by atoms with Crippen LogP contribution in [0.15, 0.2) is 24.3 Å². The maximum absolute atomic E-state index is 13.7. The Kier molecular flexibility index (Phi) is 4.18.